The van der Waals surface area contributed by atoms with Crippen molar-refractivity contribution in [3.05, 3.63) is 83.4 Å². The molecule has 1 amide bonds. The Morgan fingerprint density at radius 3 is 2.58 bits per heavy atom. The number of hydrogen-bond acceptors (Lipinski definition) is 6. The molecule has 1 unspecified atom stereocenters. The molecule has 2 fully saturated rings. The summed E-state index contributed by atoms with van der Waals surface area (Å²) in [6.45, 7) is 5.89. The Morgan fingerprint density at radius 2 is 1.81 bits per heavy atom. The van der Waals surface area contributed by atoms with E-state index in [1.54, 1.807) is 12.1 Å². The van der Waals surface area contributed by atoms with E-state index in [0.717, 1.165) is 68.6 Å². The number of carbonyl (C=O) groups is 1. The number of amides is 1. The number of anilines is 1. The third kappa shape index (κ3) is 6.36. The van der Waals surface area contributed by atoms with Gasteiger partial charge in [0.25, 0.3) is 0 Å². The SMILES string of the molecule is O=C(C1CCCN(c2nc(Cc3ccc(F)cc3)ns2)C1)N1CCN(CC=Cc2ccccc2)CC1. The average Bonchev–Trinajstić information content (AvgIpc) is 3.39. The Hall–Kier alpha value is -3.10. The van der Waals surface area contributed by atoms with Crippen molar-refractivity contribution in [1.29, 1.82) is 0 Å². The molecule has 188 valence electrons. The highest BCUT2D eigenvalue weighted by Gasteiger charge is 2.32. The van der Waals surface area contributed by atoms with Gasteiger partial charge in [-0.25, -0.2) is 9.37 Å². The minimum Gasteiger partial charge on any atom is -0.346 e. The van der Waals surface area contributed by atoms with Gasteiger partial charge < -0.3 is 9.80 Å². The standard InChI is InChI=1S/C28H32FN5OS/c29-25-12-10-23(11-13-25)20-26-30-28(36-31-26)34-15-5-9-24(21-34)27(35)33-18-16-32(17-19-33)14-4-8-22-6-2-1-3-7-22/h1-4,6-8,10-13,24H,5,9,14-21H2. The molecular weight excluding hydrogens is 473 g/mol. The van der Waals surface area contributed by atoms with Gasteiger partial charge in [0.15, 0.2) is 0 Å². The van der Waals surface area contributed by atoms with E-state index in [1.807, 2.05) is 23.1 Å². The summed E-state index contributed by atoms with van der Waals surface area (Å²) >= 11 is 1.39. The molecule has 36 heavy (non-hydrogen) atoms. The quantitative estimate of drug-likeness (QED) is 0.478. The van der Waals surface area contributed by atoms with Crippen LogP contribution in [0, 0.1) is 11.7 Å². The van der Waals surface area contributed by atoms with Crippen molar-refractivity contribution in [3.63, 3.8) is 0 Å². The maximum Gasteiger partial charge on any atom is 0.227 e. The number of nitrogens with zero attached hydrogens (tertiary/aromatic N) is 5. The fourth-order valence-corrected chi connectivity index (χ4v) is 5.61. The van der Waals surface area contributed by atoms with Crippen molar-refractivity contribution in [2.24, 2.45) is 5.92 Å². The lowest BCUT2D eigenvalue weighted by molar-refractivity contribution is -0.137. The molecule has 0 saturated carbocycles. The van der Waals surface area contributed by atoms with Gasteiger partial charge in [-0.05, 0) is 36.1 Å². The third-order valence-electron chi connectivity index (χ3n) is 6.93. The van der Waals surface area contributed by atoms with Crippen molar-refractivity contribution in [2.45, 2.75) is 19.3 Å². The minimum atomic E-state index is -0.240. The van der Waals surface area contributed by atoms with Crippen molar-refractivity contribution in [3.8, 4) is 0 Å². The number of piperidine rings is 1. The van der Waals surface area contributed by atoms with E-state index in [2.05, 4.69) is 38.5 Å². The van der Waals surface area contributed by atoms with Gasteiger partial charge in [-0.3, -0.25) is 9.69 Å². The van der Waals surface area contributed by atoms with Crippen LogP contribution in [-0.4, -0.2) is 70.9 Å². The predicted molar refractivity (Wildman–Crippen MR) is 143 cm³/mol. The molecule has 2 aliphatic heterocycles. The topological polar surface area (TPSA) is 52.6 Å². The molecule has 0 radical (unpaired) electrons. The van der Waals surface area contributed by atoms with Crippen LogP contribution >= 0.6 is 11.5 Å². The molecule has 3 heterocycles. The molecule has 0 spiro atoms. The number of benzene rings is 2. The van der Waals surface area contributed by atoms with Crippen LogP contribution in [0.4, 0.5) is 9.52 Å². The second-order valence-electron chi connectivity index (χ2n) is 9.52. The summed E-state index contributed by atoms with van der Waals surface area (Å²) in [6.07, 6.45) is 6.85. The zero-order valence-electron chi connectivity index (χ0n) is 20.4. The molecular formula is C28H32FN5OS. The first kappa shape index (κ1) is 24.6. The van der Waals surface area contributed by atoms with Gasteiger partial charge in [-0.2, -0.15) is 4.37 Å². The van der Waals surface area contributed by atoms with E-state index < -0.39 is 0 Å². The number of halogens is 1. The molecule has 5 rings (SSSR count). The normalized spacial score (nSPS) is 19.2. The smallest absolute Gasteiger partial charge is 0.227 e. The van der Waals surface area contributed by atoms with Crippen LogP contribution in [0.15, 0.2) is 60.7 Å². The molecule has 0 aliphatic carbocycles. The van der Waals surface area contributed by atoms with E-state index in [1.165, 1.54) is 29.2 Å². The molecule has 2 aliphatic rings. The molecule has 1 aromatic heterocycles. The lowest BCUT2D eigenvalue weighted by Gasteiger charge is -2.38. The van der Waals surface area contributed by atoms with Crippen LogP contribution in [0.25, 0.3) is 6.08 Å². The lowest BCUT2D eigenvalue weighted by atomic mass is 9.96. The van der Waals surface area contributed by atoms with Crippen molar-refractivity contribution >= 4 is 28.6 Å². The Balaban J connectivity index is 1.10. The molecule has 8 heteroatoms. The van der Waals surface area contributed by atoms with Crippen molar-refractivity contribution < 1.29 is 9.18 Å². The zero-order chi connectivity index (χ0) is 24.7. The van der Waals surface area contributed by atoms with Crippen LogP contribution in [0.3, 0.4) is 0 Å². The van der Waals surface area contributed by atoms with Crippen molar-refractivity contribution in [1.82, 2.24) is 19.2 Å². The van der Waals surface area contributed by atoms with E-state index in [0.29, 0.717) is 13.0 Å². The first-order chi connectivity index (χ1) is 17.6. The number of carbonyl (C=O) groups excluding carboxylic acids is 1. The first-order valence-corrected chi connectivity index (χ1v) is 13.5. The van der Waals surface area contributed by atoms with Crippen molar-refractivity contribution in [2.75, 3.05) is 50.7 Å². The average molecular weight is 506 g/mol. The van der Waals surface area contributed by atoms with Gasteiger partial charge in [0.05, 0.1) is 5.92 Å². The lowest BCUT2D eigenvalue weighted by Crippen LogP contribution is -2.52. The number of rotatable bonds is 7. The van der Waals surface area contributed by atoms with Crippen LogP contribution in [0.5, 0.6) is 0 Å². The first-order valence-electron chi connectivity index (χ1n) is 12.7. The van der Waals surface area contributed by atoms with E-state index in [-0.39, 0.29) is 17.6 Å². The predicted octanol–water partition coefficient (Wildman–Crippen LogP) is 4.34. The second-order valence-corrected chi connectivity index (χ2v) is 10.3. The Kier molecular flexibility index (Phi) is 8.03. The summed E-state index contributed by atoms with van der Waals surface area (Å²) in [5.41, 5.74) is 2.20. The summed E-state index contributed by atoms with van der Waals surface area (Å²) in [6, 6.07) is 16.8. The summed E-state index contributed by atoms with van der Waals surface area (Å²) in [4.78, 5) is 24.7. The Morgan fingerprint density at radius 1 is 1.03 bits per heavy atom. The summed E-state index contributed by atoms with van der Waals surface area (Å²) < 4.78 is 17.7. The fraction of sp³-hybridized carbons (Fsp3) is 0.393. The molecule has 1 atom stereocenters. The Bertz CT molecular complexity index is 1160. The van der Waals surface area contributed by atoms with Crippen LogP contribution in [0.2, 0.25) is 0 Å². The summed E-state index contributed by atoms with van der Waals surface area (Å²) in [7, 11) is 0. The minimum absolute atomic E-state index is 0.00715. The monoisotopic (exact) mass is 505 g/mol. The highest BCUT2D eigenvalue weighted by Crippen LogP contribution is 2.27. The van der Waals surface area contributed by atoms with Gasteiger partial charge in [0.1, 0.15) is 11.6 Å². The van der Waals surface area contributed by atoms with E-state index >= 15 is 0 Å². The molecule has 2 saturated heterocycles. The highest BCUT2D eigenvalue weighted by molar-refractivity contribution is 7.09. The second kappa shape index (κ2) is 11.8. The molecule has 0 bridgehead atoms. The molecule has 6 nitrogen and oxygen atoms in total. The molecule has 3 aromatic rings. The largest absolute Gasteiger partial charge is 0.346 e. The van der Waals surface area contributed by atoms with Gasteiger partial charge in [-0.15, -0.1) is 0 Å². The number of piperazine rings is 1. The number of aromatic nitrogens is 2. The van der Waals surface area contributed by atoms with Gasteiger partial charge in [0, 0.05) is 63.8 Å². The summed E-state index contributed by atoms with van der Waals surface area (Å²) in [5, 5.41) is 0.875. The van der Waals surface area contributed by atoms with E-state index in [4.69, 9.17) is 4.98 Å². The van der Waals surface area contributed by atoms with Crippen LogP contribution in [-0.2, 0) is 11.2 Å². The third-order valence-corrected chi connectivity index (χ3v) is 7.75. The number of hydrogen-bond donors (Lipinski definition) is 0. The Labute approximate surface area is 216 Å². The zero-order valence-corrected chi connectivity index (χ0v) is 21.2. The van der Waals surface area contributed by atoms with Crippen LogP contribution in [0.1, 0.15) is 29.8 Å². The fourth-order valence-electron chi connectivity index (χ4n) is 4.89. The van der Waals surface area contributed by atoms with Gasteiger partial charge >= 0.3 is 0 Å². The molecule has 0 N–H and O–H groups in total. The van der Waals surface area contributed by atoms with Crippen LogP contribution < -0.4 is 4.90 Å². The van der Waals surface area contributed by atoms with E-state index in [9.17, 15) is 9.18 Å². The maximum absolute atomic E-state index is 13.3. The summed E-state index contributed by atoms with van der Waals surface area (Å²) in [5.74, 6) is 0.784. The maximum atomic E-state index is 13.3. The van der Waals surface area contributed by atoms with Gasteiger partial charge in [0.2, 0.25) is 11.0 Å². The molecule has 2 aromatic carbocycles. The highest BCUT2D eigenvalue weighted by atomic mass is 32.1. The van der Waals surface area contributed by atoms with Gasteiger partial charge in [-0.1, -0.05) is 54.6 Å².